The van der Waals surface area contributed by atoms with Crippen LogP contribution in [0.4, 0.5) is 14.5 Å². The molecule has 0 aromatic heterocycles. The van der Waals surface area contributed by atoms with Crippen LogP contribution in [0.15, 0.2) is 42.5 Å². The normalized spacial score (nSPS) is 10.2. The molecule has 6 heteroatoms. The van der Waals surface area contributed by atoms with Gasteiger partial charge in [-0.25, -0.2) is 8.78 Å². The molecule has 21 heavy (non-hydrogen) atoms. The highest BCUT2D eigenvalue weighted by atomic mass is 32.2. The van der Waals surface area contributed by atoms with Crippen LogP contribution in [0, 0.1) is 11.6 Å². The van der Waals surface area contributed by atoms with Gasteiger partial charge in [-0.15, -0.1) is 0 Å². The van der Waals surface area contributed by atoms with Gasteiger partial charge in [-0.3, -0.25) is 0 Å². The number of thiocarbonyl (C=S) groups is 1. The van der Waals surface area contributed by atoms with Crippen LogP contribution in [-0.4, -0.2) is 11.4 Å². The van der Waals surface area contributed by atoms with Gasteiger partial charge < -0.3 is 10.1 Å². The Labute approximate surface area is 131 Å². The van der Waals surface area contributed by atoms with E-state index in [1.54, 1.807) is 7.11 Å². The molecular weight excluding hydrogens is 312 g/mol. The predicted octanol–water partition coefficient (Wildman–Crippen LogP) is 4.60. The van der Waals surface area contributed by atoms with Gasteiger partial charge in [-0.2, -0.15) is 0 Å². The Hall–Kier alpha value is -1.66. The highest BCUT2D eigenvalue weighted by Gasteiger charge is 2.05. The van der Waals surface area contributed by atoms with Crippen LogP contribution in [0.1, 0.15) is 5.56 Å². The molecule has 0 heterocycles. The molecule has 2 aromatic rings. The minimum Gasteiger partial charge on any atom is -0.497 e. The number of nitrogens with one attached hydrogen (secondary N) is 1. The number of thioether (sulfide) groups is 1. The second kappa shape index (κ2) is 7.38. The van der Waals surface area contributed by atoms with Crippen molar-refractivity contribution in [1.29, 1.82) is 0 Å². The lowest BCUT2D eigenvalue weighted by Crippen LogP contribution is -2.05. The zero-order chi connectivity index (χ0) is 15.2. The number of halogens is 2. The number of hydrogen-bond acceptors (Lipinski definition) is 3. The second-order valence-corrected chi connectivity index (χ2v) is 5.83. The van der Waals surface area contributed by atoms with Gasteiger partial charge in [0.15, 0.2) is 11.6 Å². The summed E-state index contributed by atoms with van der Waals surface area (Å²) in [4.78, 5) is 0. The first-order valence-corrected chi connectivity index (χ1v) is 7.49. The van der Waals surface area contributed by atoms with Crippen molar-refractivity contribution in [2.45, 2.75) is 5.75 Å². The topological polar surface area (TPSA) is 21.3 Å². The molecular formula is C15H13F2NOS2. The molecule has 0 aliphatic carbocycles. The Bertz CT molecular complexity index is 632. The molecule has 0 aliphatic heterocycles. The molecule has 2 nitrogen and oxygen atoms in total. The minimum atomic E-state index is -0.900. The predicted molar refractivity (Wildman–Crippen MR) is 86.9 cm³/mol. The maximum Gasteiger partial charge on any atom is 0.160 e. The van der Waals surface area contributed by atoms with Crippen LogP contribution in [0.2, 0.25) is 0 Å². The monoisotopic (exact) mass is 325 g/mol. The molecule has 110 valence electrons. The molecule has 0 bridgehead atoms. The lowest BCUT2D eigenvalue weighted by atomic mass is 10.2. The first-order chi connectivity index (χ1) is 10.1. The average Bonchev–Trinajstić information content (AvgIpc) is 2.49. The van der Waals surface area contributed by atoms with E-state index in [9.17, 15) is 8.78 Å². The van der Waals surface area contributed by atoms with Gasteiger partial charge in [0.25, 0.3) is 0 Å². The fourth-order valence-corrected chi connectivity index (χ4v) is 2.57. The van der Waals surface area contributed by atoms with E-state index in [0.717, 1.165) is 23.4 Å². The molecule has 0 atom stereocenters. The van der Waals surface area contributed by atoms with Crippen LogP contribution in [0.25, 0.3) is 0 Å². The van der Waals surface area contributed by atoms with Crippen molar-refractivity contribution in [1.82, 2.24) is 0 Å². The Balaban J connectivity index is 1.87. The molecule has 2 aromatic carbocycles. The number of rotatable bonds is 4. The van der Waals surface area contributed by atoms with E-state index >= 15 is 0 Å². The Morgan fingerprint density at radius 3 is 2.48 bits per heavy atom. The van der Waals surface area contributed by atoms with Crippen LogP contribution in [0.3, 0.4) is 0 Å². The molecule has 2 rings (SSSR count). The summed E-state index contributed by atoms with van der Waals surface area (Å²) in [7, 11) is 1.62. The van der Waals surface area contributed by atoms with Gasteiger partial charge in [-0.05, 0) is 29.8 Å². The summed E-state index contributed by atoms with van der Waals surface area (Å²) >= 11 is 6.58. The maximum atomic E-state index is 13.1. The van der Waals surface area contributed by atoms with Crippen molar-refractivity contribution < 1.29 is 13.5 Å². The third-order valence-electron chi connectivity index (χ3n) is 2.69. The summed E-state index contributed by atoms with van der Waals surface area (Å²) in [6, 6.07) is 11.2. The average molecular weight is 325 g/mol. The Kier molecular flexibility index (Phi) is 5.52. The molecule has 0 radical (unpaired) electrons. The summed E-state index contributed by atoms with van der Waals surface area (Å²) in [6.07, 6.45) is 0. The van der Waals surface area contributed by atoms with Crippen molar-refractivity contribution in [2.24, 2.45) is 0 Å². The molecule has 0 spiro atoms. The number of benzene rings is 2. The van der Waals surface area contributed by atoms with E-state index < -0.39 is 11.6 Å². The van der Waals surface area contributed by atoms with Crippen LogP contribution >= 0.6 is 24.0 Å². The number of hydrogen-bond donors (Lipinski definition) is 1. The van der Waals surface area contributed by atoms with Crippen molar-refractivity contribution in [3.05, 3.63) is 59.7 Å². The highest BCUT2D eigenvalue weighted by Crippen LogP contribution is 2.20. The lowest BCUT2D eigenvalue weighted by molar-refractivity contribution is 0.414. The number of methoxy groups -OCH3 is 1. The van der Waals surface area contributed by atoms with Crippen molar-refractivity contribution in [3.63, 3.8) is 0 Å². The van der Waals surface area contributed by atoms with E-state index in [1.165, 1.54) is 17.8 Å². The van der Waals surface area contributed by atoms with Crippen LogP contribution in [0.5, 0.6) is 5.75 Å². The molecule has 0 aliphatic rings. The van der Waals surface area contributed by atoms with Crippen LogP contribution in [-0.2, 0) is 5.75 Å². The van der Waals surface area contributed by atoms with Crippen molar-refractivity contribution in [2.75, 3.05) is 12.4 Å². The van der Waals surface area contributed by atoms with Gasteiger partial charge >= 0.3 is 0 Å². The van der Waals surface area contributed by atoms with Gasteiger partial charge in [0.1, 0.15) is 10.1 Å². The van der Waals surface area contributed by atoms with Gasteiger partial charge in [-0.1, -0.05) is 36.1 Å². The first kappa shape index (κ1) is 15.7. The van der Waals surface area contributed by atoms with E-state index in [4.69, 9.17) is 17.0 Å². The smallest absolute Gasteiger partial charge is 0.160 e. The van der Waals surface area contributed by atoms with Crippen LogP contribution < -0.4 is 10.1 Å². The summed E-state index contributed by atoms with van der Waals surface area (Å²) in [5.41, 5.74) is 1.52. The molecule has 0 saturated heterocycles. The lowest BCUT2D eigenvalue weighted by Gasteiger charge is -2.08. The summed E-state index contributed by atoms with van der Waals surface area (Å²) in [5, 5.41) is 2.87. The standard InChI is InChI=1S/C15H13F2NOS2/c1-19-12-5-2-10(3-6-12)9-21-15(20)18-11-4-7-13(16)14(17)8-11/h2-8H,9H2,1H3,(H,18,20). The zero-order valence-corrected chi connectivity index (χ0v) is 12.9. The third kappa shape index (κ3) is 4.68. The van der Waals surface area contributed by atoms with E-state index in [0.29, 0.717) is 15.8 Å². The maximum absolute atomic E-state index is 13.1. The number of anilines is 1. The molecule has 0 unspecified atom stereocenters. The fourth-order valence-electron chi connectivity index (χ4n) is 1.60. The summed E-state index contributed by atoms with van der Waals surface area (Å²) in [5.74, 6) is -0.300. The van der Waals surface area contributed by atoms with Gasteiger partial charge in [0, 0.05) is 17.5 Å². The minimum absolute atomic E-state index is 0.432. The second-order valence-electron chi connectivity index (χ2n) is 4.18. The zero-order valence-electron chi connectivity index (χ0n) is 11.2. The summed E-state index contributed by atoms with van der Waals surface area (Å²) < 4.78 is 31.5. The summed E-state index contributed by atoms with van der Waals surface area (Å²) in [6.45, 7) is 0. The van der Waals surface area contributed by atoms with Crippen molar-refractivity contribution >= 4 is 34.0 Å². The molecule has 0 amide bonds. The molecule has 0 saturated carbocycles. The van der Waals surface area contributed by atoms with E-state index in [1.807, 2.05) is 24.3 Å². The third-order valence-corrected chi connectivity index (χ3v) is 3.99. The fraction of sp³-hybridized carbons (Fsp3) is 0.133. The Morgan fingerprint density at radius 2 is 1.86 bits per heavy atom. The number of ether oxygens (including phenoxy) is 1. The quantitative estimate of drug-likeness (QED) is 0.829. The molecule has 0 fully saturated rings. The Morgan fingerprint density at radius 1 is 1.14 bits per heavy atom. The molecule has 1 N–H and O–H groups in total. The highest BCUT2D eigenvalue weighted by molar-refractivity contribution is 8.22. The van der Waals surface area contributed by atoms with Crippen molar-refractivity contribution in [3.8, 4) is 5.75 Å². The van der Waals surface area contributed by atoms with Gasteiger partial charge in [0.2, 0.25) is 0 Å². The largest absolute Gasteiger partial charge is 0.497 e. The van der Waals surface area contributed by atoms with E-state index in [-0.39, 0.29) is 0 Å². The van der Waals surface area contributed by atoms with Gasteiger partial charge in [0.05, 0.1) is 7.11 Å². The SMILES string of the molecule is COc1ccc(CSC(=S)Nc2ccc(F)c(F)c2)cc1. The van der Waals surface area contributed by atoms with E-state index in [2.05, 4.69) is 5.32 Å². The first-order valence-electron chi connectivity index (χ1n) is 6.10.